The van der Waals surface area contributed by atoms with Crippen LogP contribution in [0.2, 0.25) is 0 Å². The molecule has 3 nitrogen and oxygen atoms in total. The number of halogens is 1. The Bertz CT molecular complexity index is 586. The Hall–Kier alpha value is -0.580. The lowest BCUT2D eigenvalue weighted by molar-refractivity contribution is 0.260. The van der Waals surface area contributed by atoms with Gasteiger partial charge in [0, 0.05) is 12.4 Å². The maximum atomic E-state index is 12.5. The summed E-state index contributed by atoms with van der Waals surface area (Å²) in [6.07, 6.45) is 4.55. The van der Waals surface area contributed by atoms with Crippen LogP contribution in [-0.4, -0.2) is 20.8 Å². The summed E-state index contributed by atoms with van der Waals surface area (Å²) in [6, 6.07) is 5.52. The van der Waals surface area contributed by atoms with Crippen LogP contribution in [0.15, 0.2) is 23.1 Å². The molecule has 1 N–H and O–H groups in total. The Morgan fingerprint density at radius 1 is 1.19 bits per heavy atom. The van der Waals surface area contributed by atoms with Crippen molar-refractivity contribution >= 4 is 21.6 Å². The number of alkyl halides is 1. The van der Waals surface area contributed by atoms with E-state index in [-0.39, 0.29) is 0 Å². The molecular formula is C16H24ClNO2S. The summed E-state index contributed by atoms with van der Waals surface area (Å²) in [5, 5.41) is 0. The van der Waals surface area contributed by atoms with Crippen LogP contribution in [-0.2, 0) is 10.0 Å². The lowest BCUT2D eigenvalue weighted by Gasteiger charge is -2.30. The molecule has 0 radical (unpaired) electrons. The lowest BCUT2D eigenvalue weighted by Crippen LogP contribution is -2.35. The third-order valence-corrected chi connectivity index (χ3v) is 6.40. The van der Waals surface area contributed by atoms with Gasteiger partial charge in [0.15, 0.2) is 0 Å². The van der Waals surface area contributed by atoms with Crippen molar-refractivity contribution in [1.82, 2.24) is 4.72 Å². The maximum absolute atomic E-state index is 12.5. The first-order chi connectivity index (χ1) is 9.94. The zero-order chi connectivity index (χ0) is 15.5. The molecule has 0 aromatic heterocycles. The fourth-order valence-corrected chi connectivity index (χ4v) is 4.88. The molecule has 1 fully saturated rings. The van der Waals surface area contributed by atoms with E-state index in [1.165, 1.54) is 12.8 Å². The number of hydrogen-bond acceptors (Lipinski definition) is 2. The Kier molecular flexibility index (Phi) is 5.69. The second-order valence-corrected chi connectivity index (χ2v) is 8.12. The van der Waals surface area contributed by atoms with E-state index in [2.05, 4.69) is 4.72 Å². The molecular weight excluding hydrogens is 306 g/mol. The first-order valence-electron chi connectivity index (χ1n) is 7.57. The topological polar surface area (TPSA) is 46.2 Å². The summed E-state index contributed by atoms with van der Waals surface area (Å²) in [4.78, 5) is 0.390. The molecule has 5 heteroatoms. The van der Waals surface area contributed by atoms with Crippen molar-refractivity contribution in [2.24, 2.45) is 11.8 Å². The standard InChI is InChI=1S/C16H24ClNO2S/c1-12-7-8-13(2)16(9-12)21(19,20)18-11-15-6-4-3-5-14(15)10-17/h7-9,14-15,18H,3-6,10-11H2,1-2H3. The highest BCUT2D eigenvalue weighted by molar-refractivity contribution is 7.89. The van der Waals surface area contributed by atoms with Crippen LogP contribution in [0.25, 0.3) is 0 Å². The molecule has 2 rings (SSSR count). The number of sulfonamides is 1. The van der Waals surface area contributed by atoms with Crippen molar-refractivity contribution in [2.75, 3.05) is 12.4 Å². The summed E-state index contributed by atoms with van der Waals surface area (Å²) in [7, 11) is -3.44. The third kappa shape index (κ3) is 4.21. The van der Waals surface area contributed by atoms with Crippen molar-refractivity contribution in [3.05, 3.63) is 29.3 Å². The summed E-state index contributed by atoms with van der Waals surface area (Å²) < 4.78 is 27.8. The van der Waals surface area contributed by atoms with Crippen LogP contribution in [0, 0.1) is 25.7 Å². The van der Waals surface area contributed by atoms with Gasteiger partial charge in [0.2, 0.25) is 10.0 Å². The van der Waals surface area contributed by atoms with E-state index < -0.39 is 10.0 Å². The van der Waals surface area contributed by atoms with Crippen molar-refractivity contribution in [1.29, 1.82) is 0 Å². The van der Waals surface area contributed by atoms with Gasteiger partial charge in [-0.3, -0.25) is 0 Å². The van der Waals surface area contributed by atoms with Crippen molar-refractivity contribution < 1.29 is 8.42 Å². The molecule has 118 valence electrons. The highest BCUT2D eigenvalue weighted by Gasteiger charge is 2.26. The van der Waals surface area contributed by atoms with Crippen LogP contribution in [0.3, 0.4) is 0 Å². The van der Waals surface area contributed by atoms with E-state index in [0.29, 0.717) is 29.2 Å². The molecule has 1 aromatic carbocycles. The van der Waals surface area contributed by atoms with Crippen LogP contribution < -0.4 is 4.72 Å². The molecule has 2 unspecified atom stereocenters. The van der Waals surface area contributed by atoms with Gasteiger partial charge < -0.3 is 0 Å². The van der Waals surface area contributed by atoms with Crippen LogP contribution in [0.1, 0.15) is 36.8 Å². The zero-order valence-corrected chi connectivity index (χ0v) is 14.3. The molecule has 2 atom stereocenters. The number of hydrogen-bond donors (Lipinski definition) is 1. The molecule has 1 saturated carbocycles. The number of nitrogens with one attached hydrogen (secondary N) is 1. The Labute approximate surface area is 133 Å². The Morgan fingerprint density at radius 3 is 2.52 bits per heavy atom. The minimum Gasteiger partial charge on any atom is -0.211 e. The van der Waals surface area contributed by atoms with Gasteiger partial charge in [0.25, 0.3) is 0 Å². The van der Waals surface area contributed by atoms with Crippen molar-refractivity contribution in [2.45, 2.75) is 44.4 Å². The average Bonchev–Trinajstić information content (AvgIpc) is 2.48. The van der Waals surface area contributed by atoms with Crippen LogP contribution >= 0.6 is 11.6 Å². The second kappa shape index (κ2) is 7.12. The largest absolute Gasteiger partial charge is 0.240 e. The number of benzene rings is 1. The van der Waals surface area contributed by atoms with Gasteiger partial charge >= 0.3 is 0 Å². The predicted octanol–water partition coefficient (Wildman–Crippen LogP) is 3.63. The zero-order valence-electron chi connectivity index (χ0n) is 12.7. The SMILES string of the molecule is Cc1ccc(C)c(S(=O)(=O)NCC2CCCCC2CCl)c1. The first kappa shape index (κ1) is 16.8. The van der Waals surface area contributed by atoms with E-state index in [0.717, 1.165) is 24.0 Å². The molecule has 0 heterocycles. The minimum absolute atomic E-state index is 0.358. The van der Waals surface area contributed by atoms with E-state index in [1.54, 1.807) is 6.07 Å². The molecule has 0 amide bonds. The molecule has 1 aliphatic carbocycles. The van der Waals surface area contributed by atoms with E-state index in [4.69, 9.17) is 11.6 Å². The van der Waals surface area contributed by atoms with Gasteiger partial charge in [-0.25, -0.2) is 13.1 Å². The summed E-state index contributed by atoms with van der Waals surface area (Å²) in [6.45, 7) is 4.23. The van der Waals surface area contributed by atoms with E-state index >= 15 is 0 Å². The highest BCUT2D eigenvalue weighted by atomic mass is 35.5. The highest BCUT2D eigenvalue weighted by Crippen LogP contribution is 2.30. The average molecular weight is 330 g/mol. The quantitative estimate of drug-likeness (QED) is 0.838. The Morgan fingerprint density at radius 2 is 1.86 bits per heavy atom. The number of rotatable bonds is 5. The van der Waals surface area contributed by atoms with Crippen LogP contribution in [0.5, 0.6) is 0 Å². The van der Waals surface area contributed by atoms with Gasteiger partial charge in [-0.15, -0.1) is 11.6 Å². The second-order valence-electron chi connectivity index (χ2n) is 6.08. The maximum Gasteiger partial charge on any atom is 0.240 e. The molecule has 0 saturated heterocycles. The molecule has 1 aliphatic rings. The van der Waals surface area contributed by atoms with Crippen molar-refractivity contribution in [3.63, 3.8) is 0 Å². The molecule has 0 aliphatic heterocycles. The lowest BCUT2D eigenvalue weighted by atomic mass is 9.80. The minimum atomic E-state index is -3.44. The third-order valence-electron chi connectivity index (χ3n) is 4.43. The van der Waals surface area contributed by atoms with Gasteiger partial charge in [0.05, 0.1) is 4.90 Å². The first-order valence-corrected chi connectivity index (χ1v) is 9.58. The fourth-order valence-electron chi connectivity index (χ4n) is 3.05. The van der Waals surface area contributed by atoms with Gasteiger partial charge in [-0.2, -0.15) is 0 Å². The smallest absolute Gasteiger partial charge is 0.211 e. The summed E-state index contributed by atoms with van der Waals surface area (Å²) in [5.41, 5.74) is 1.74. The molecule has 0 bridgehead atoms. The molecule has 21 heavy (non-hydrogen) atoms. The fraction of sp³-hybridized carbons (Fsp3) is 0.625. The normalized spacial score (nSPS) is 23.2. The van der Waals surface area contributed by atoms with Gasteiger partial charge in [-0.1, -0.05) is 25.0 Å². The van der Waals surface area contributed by atoms with Gasteiger partial charge in [0.1, 0.15) is 0 Å². The molecule has 1 aromatic rings. The van der Waals surface area contributed by atoms with E-state index in [1.807, 2.05) is 26.0 Å². The van der Waals surface area contributed by atoms with E-state index in [9.17, 15) is 8.42 Å². The van der Waals surface area contributed by atoms with Crippen molar-refractivity contribution in [3.8, 4) is 0 Å². The monoisotopic (exact) mass is 329 g/mol. The van der Waals surface area contributed by atoms with Crippen LogP contribution in [0.4, 0.5) is 0 Å². The summed E-state index contributed by atoms with van der Waals surface area (Å²) >= 11 is 6.01. The van der Waals surface area contributed by atoms with Gasteiger partial charge in [-0.05, 0) is 55.7 Å². The predicted molar refractivity (Wildman–Crippen MR) is 87.3 cm³/mol. The summed E-state index contributed by atoms with van der Waals surface area (Å²) in [5.74, 6) is 1.41. The Balaban J connectivity index is 2.09. The number of aryl methyl sites for hydroxylation is 2. The molecule has 0 spiro atoms.